The summed E-state index contributed by atoms with van der Waals surface area (Å²) in [6, 6.07) is 3.75. The minimum atomic E-state index is 0.150. The molecule has 76 valence electrons. The van der Waals surface area contributed by atoms with Crippen LogP contribution in [0.5, 0.6) is 11.5 Å². The molecule has 0 radical (unpaired) electrons. The second-order valence-electron chi connectivity index (χ2n) is 3.55. The summed E-state index contributed by atoms with van der Waals surface area (Å²) in [5, 5.41) is 9.50. The highest BCUT2D eigenvalue weighted by Crippen LogP contribution is 2.45. The van der Waals surface area contributed by atoms with Crippen LogP contribution in [0.4, 0.5) is 0 Å². The van der Waals surface area contributed by atoms with E-state index >= 15 is 0 Å². The van der Waals surface area contributed by atoms with Crippen molar-refractivity contribution in [2.24, 2.45) is 5.73 Å². The SMILES string of the molecule is COc1cc([C@@H]2C[C@H]2N)c(Br)cc1O. The molecule has 0 bridgehead atoms. The van der Waals surface area contributed by atoms with Crippen molar-refractivity contribution in [2.45, 2.75) is 18.4 Å². The number of halogens is 1. The first kappa shape index (κ1) is 9.80. The largest absolute Gasteiger partial charge is 0.504 e. The summed E-state index contributed by atoms with van der Waals surface area (Å²) in [5.74, 6) is 1.05. The van der Waals surface area contributed by atoms with Crippen molar-refractivity contribution < 1.29 is 9.84 Å². The molecule has 0 heterocycles. The number of phenolic OH excluding ortho intramolecular Hbond substituents is 1. The van der Waals surface area contributed by atoms with E-state index in [1.165, 1.54) is 0 Å². The maximum absolute atomic E-state index is 9.50. The molecule has 2 atom stereocenters. The average molecular weight is 258 g/mol. The lowest BCUT2D eigenvalue weighted by molar-refractivity contribution is 0.372. The van der Waals surface area contributed by atoms with E-state index in [1.807, 2.05) is 6.07 Å². The topological polar surface area (TPSA) is 55.5 Å². The Labute approximate surface area is 91.0 Å². The third-order valence-corrected chi connectivity index (χ3v) is 3.22. The zero-order valence-corrected chi connectivity index (χ0v) is 9.41. The Balaban J connectivity index is 2.40. The summed E-state index contributed by atoms with van der Waals surface area (Å²) in [6.45, 7) is 0. The van der Waals surface area contributed by atoms with Crippen LogP contribution in [0.1, 0.15) is 17.9 Å². The van der Waals surface area contributed by atoms with E-state index in [-0.39, 0.29) is 11.8 Å². The molecule has 0 unspecified atom stereocenters. The fraction of sp³-hybridized carbons (Fsp3) is 0.400. The Morgan fingerprint density at radius 3 is 2.71 bits per heavy atom. The van der Waals surface area contributed by atoms with Crippen LogP contribution in [0.2, 0.25) is 0 Å². The summed E-state index contributed by atoms with van der Waals surface area (Å²) in [7, 11) is 1.54. The van der Waals surface area contributed by atoms with Crippen LogP contribution in [0, 0.1) is 0 Å². The van der Waals surface area contributed by atoms with Crippen molar-refractivity contribution in [3.8, 4) is 11.5 Å². The third kappa shape index (κ3) is 1.60. The van der Waals surface area contributed by atoms with Crippen molar-refractivity contribution in [1.82, 2.24) is 0 Å². The summed E-state index contributed by atoms with van der Waals surface area (Å²) in [5.41, 5.74) is 6.89. The Hall–Kier alpha value is -0.740. The van der Waals surface area contributed by atoms with Crippen LogP contribution in [0.15, 0.2) is 16.6 Å². The third-order valence-electron chi connectivity index (χ3n) is 2.54. The molecule has 1 aliphatic rings. The zero-order valence-electron chi connectivity index (χ0n) is 7.83. The lowest BCUT2D eigenvalue weighted by Crippen LogP contribution is -2.01. The number of hydrogen-bond acceptors (Lipinski definition) is 3. The number of methoxy groups -OCH3 is 1. The monoisotopic (exact) mass is 257 g/mol. The maximum atomic E-state index is 9.50. The van der Waals surface area contributed by atoms with Crippen molar-refractivity contribution in [3.05, 3.63) is 22.2 Å². The molecule has 1 aliphatic carbocycles. The van der Waals surface area contributed by atoms with Gasteiger partial charge in [-0.05, 0) is 24.1 Å². The number of benzene rings is 1. The summed E-state index contributed by atoms with van der Waals surface area (Å²) in [4.78, 5) is 0. The summed E-state index contributed by atoms with van der Waals surface area (Å²) < 4.78 is 5.94. The normalized spacial score (nSPS) is 24.8. The number of rotatable bonds is 2. The van der Waals surface area contributed by atoms with E-state index in [1.54, 1.807) is 13.2 Å². The molecule has 0 amide bonds. The Bertz CT molecular complexity index is 367. The molecule has 2 rings (SSSR count). The highest BCUT2D eigenvalue weighted by molar-refractivity contribution is 9.10. The first-order valence-electron chi connectivity index (χ1n) is 4.45. The smallest absolute Gasteiger partial charge is 0.160 e. The molecule has 0 saturated heterocycles. The van der Waals surface area contributed by atoms with Crippen LogP contribution in [-0.4, -0.2) is 18.3 Å². The summed E-state index contributed by atoms with van der Waals surface area (Å²) >= 11 is 3.41. The van der Waals surface area contributed by atoms with E-state index in [2.05, 4.69) is 15.9 Å². The number of hydrogen-bond donors (Lipinski definition) is 2. The first-order chi connectivity index (χ1) is 6.63. The minimum absolute atomic E-state index is 0.150. The highest BCUT2D eigenvalue weighted by Gasteiger charge is 2.36. The predicted molar refractivity (Wildman–Crippen MR) is 57.7 cm³/mol. The number of phenols is 1. The Morgan fingerprint density at radius 2 is 2.21 bits per heavy atom. The van der Waals surface area contributed by atoms with Gasteiger partial charge in [0.2, 0.25) is 0 Å². The molecule has 1 aromatic rings. The molecular formula is C10H12BrNO2. The number of nitrogens with two attached hydrogens (primary N) is 1. The fourth-order valence-corrected chi connectivity index (χ4v) is 2.20. The molecule has 3 N–H and O–H groups in total. The molecule has 0 aromatic heterocycles. The fourth-order valence-electron chi connectivity index (χ4n) is 1.58. The molecule has 3 nitrogen and oxygen atoms in total. The molecule has 1 aromatic carbocycles. The predicted octanol–water partition coefficient (Wildman–Crippen LogP) is 1.98. The first-order valence-corrected chi connectivity index (χ1v) is 5.24. The average Bonchev–Trinajstić information content (AvgIpc) is 2.83. The maximum Gasteiger partial charge on any atom is 0.160 e. The van der Waals surface area contributed by atoms with Crippen molar-refractivity contribution in [2.75, 3.05) is 7.11 Å². The van der Waals surface area contributed by atoms with Gasteiger partial charge in [0.1, 0.15) is 0 Å². The minimum Gasteiger partial charge on any atom is -0.504 e. The standard InChI is InChI=1S/C10H12BrNO2/c1-14-10-3-5(6-2-8(6)12)7(11)4-9(10)13/h3-4,6,8,13H,2,12H2,1H3/t6-,8+/m0/s1. The Kier molecular flexibility index (Phi) is 2.41. The van der Waals surface area contributed by atoms with Gasteiger partial charge in [-0.2, -0.15) is 0 Å². The second-order valence-corrected chi connectivity index (χ2v) is 4.41. The van der Waals surface area contributed by atoms with Gasteiger partial charge in [-0.3, -0.25) is 0 Å². The quantitative estimate of drug-likeness (QED) is 0.852. The second kappa shape index (κ2) is 3.44. The molecule has 0 aliphatic heterocycles. The van der Waals surface area contributed by atoms with Gasteiger partial charge in [-0.25, -0.2) is 0 Å². The van der Waals surface area contributed by atoms with Gasteiger partial charge < -0.3 is 15.6 Å². The van der Waals surface area contributed by atoms with E-state index < -0.39 is 0 Å². The molecule has 14 heavy (non-hydrogen) atoms. The van der Waals surface area contributed by atoms with Crippen LogP contribution >= 0.6 is 15.9 Å². The molecule has 4 heteroatoms. The zero-order chi connectivity index (χ0) is 10.3. The van der Waals surface area contributed by atoms with E-state index in [0.29, 0.717) is 11.7 Å². The summed E-state index contributed by atoms with van der Waals surface area (Å²) in [6.07, 6.45) is 1.01. The highest BCUT2D eigenvalue weighted by atomic mass is 79.9. The van der Waals surface area contributed by atoms with E-state index in [9.17, 15) is 5.11 Å². The van der Waals surface area contributed by atoms with Gasteiger partial charge in [0, 0.05) is 16.4 Å². The van der Waals surface area contributed by atoms with Crippen molar-refractivity contribution in [3.63, 3.8) is 0 Å². The number of ether oxygens (including phenoxy) is 1. The van der Waals surface area contributed by atoms with E-state index in [4.69, 9.17) is 10.5 Å². The molecule has 1 saturated carbocycles. The van der Waals surface area contributed by atoms with Gasteiger partial charge in [0.05, 0.1) is 7.11 Å². The number of aromatic hydroxyl groups is 1. The van der Waals surface area contributed by atoms with Crippen molar-refractivity contribution >= 4 is 15.9 Å². The molecular weight excluding hydrogens is 246 g/mol. The van der Waals surface area contributed by atoms with Crippen LogP contribution in [-0.2, 0) is 0 Å². The van der Waals surface area contributed by atoms with E-state index in [0.717, 1.165) is 16.5 Å². The van der Waals surface area contributed by atoms with Gasteiger partial charge in [-0.1, -0.05) is 15.9 Å². The van der Waals surface area contributed by atoms with Crippen LogP contribution in [0.3, 0.4) is 0 Å². The Morgan fingerprint density at radius 1 is 1.57 bits per heavy atom. The molecule has 1 fully saturated rings. The lowest BCUT2D eigenvalue weighted by Gasteiger charge is -2.08. The van der Waals surface area contributed by atoms with Crippen LogP contribution in [0.25, 0.3) is 0 Å². The van der Waals surface area contributed by atoms with Crippen LogP contribution < -0.4 is 10.5 Å². The van der Waals surface area contributed by atoms with Gasteiger partial charge >= 0.3 is 0 Å². The van der Waals surface area contributed by atoms with Gasteiger partial charge in [0.15, 0.2) is 11.5 Å². The van der Waals surface area contributed by atoms with Gasteiger partial charge in [0.25, 0.3) is 0 Å². The molecule has 0 spiro atoms. The lowest BCUT2D eigenvalue weighted by atomic mass is 10.1. The van der Waals surface area contributed by atoms with Gasteiger partial charge in [-0.15, -0.1) is 0 Å². The van der Waals surface area contributed by atoms with Crippen molar-refractivity contribution in [1.29, 1.82) is 0 Å².